The molecule has 2 aromatic rings. The molecule has 1 aliphatic carbocycles. The Bertz CT molecular complexity index is 1240. The molecule has 0 saturated heterocycles. The van der Waals surface area contributed by atoms with E-state index in [1.165, 1.54) is 12.0 Å². The maximum atomic E-state index is 13.9. The van der Waals surface area contributed by atoms with Crippen LogP contribution in [-0.2, 0) is 16.0 Å². The van der Waals surface area contributed by atoms with Crippen molar-refractivity contribution in [1.82, 2.24) is 9.80 Å². The van der Waals surface area contributed by atoms with Gasteiger partial charge < -0.3 is 19.5 Å². The van der Waals surface area contributed by atoms with E-state index in [1.807, 2.05) is 6.07 Å². The van der Waals surface area contributed by atoms with Crippen molar-refractivity contribution >= 4 is 23.7 Å². The third-order valence-electron chi connectivity index (χ3n) is 7.92. The number of carboxylic acid groups (broad SMARTS) is 1. The number of nitrogens with zero attached hydrogens (tertiary/aromatic N) is 2. The number of methoxy groups -OCH3 is 2. The quantitative estimate of drug-likeness (QED) is 0.598. The van der Waals surface area contributed by atoms with Crippen molar-refractivity contribution in [1.29, 1.82) is 0 Å². The summed E-state index contributed by atoms with van der Waals surface area (Å²) in [5, 5.41) is 9.81. The van der Waals surface area contributed by atoms with Crippen LogP contribution in [0, 0.1) is 11.8 Å². The zero-order valence-electron chi connectivity index (χ0n) is 20.9. The van der Waals surface area contributed by atoms with E-state index in [0.29, 0.717) is 48.4 Å². The highest BCUT2D eigenvalue weighted by Crippen LogP contribution is 2.41. The summed E-state index contributed by atoms with van der Waals surface area (Å²) in [6.07, 6.45) is 3.07. The summed E-state index contributed by atoms with van der Waals surface area (Å²) in [5.74, 6) is -2.36. The second-order valence-corrected chi connectivity index (χ2v) is 9.81. The molecule has 3 atom stereocenters. The summed E-state index contributed by atoms with van der Waals surface area (Å²) in [6, 6.07) is 9.70. The third kappa shape index (κ3) is 4.22. The van der Waals surface area contributed by atoms with E-state index in [4.69, 9.17) is 9.47 Å². The molecule has 0 spiro atoms. The maximum Gasteiger partial charge on any atom is 0.307 e. The van der Waals surface area contributed by atoms with E-state index >= 15 is 0 Å². The van der Waals surface area contributed by atoms with E-state index < -0.39 is 35.7 Å². The first-order valence-corrected chi connectivity index (χ1v) is 12.6. The van der Waals surface area contributed by atoms with Crippen LogP contribution < -0.4 is 9.47 Å². The van der Waals surface area contributed by atoms with Crippen molar-refractivity contribution in [2.75, 3.05) is 27.3 Å². The first kappa shape index (κ1) is 24.8. The minimum absolute atomic E-state index is 0.0367. The molecule has 3 amide bonds. The molecule has 1 saturated carbocycles. The lowest BCUT2D eigenvalue weighted by atomic mass is 9.77. The molecular formula is C28H30N2O7. The first-order chi connectivity index (χ1) is 17.8. The number of ether oxygens (including phenoxy) is 2. The van der Waals surface area contributed by atoms with Gasteiger partial charge in [-0.3, -0.25) is 24.1 Å². The van der Waals surface area contributed by atoms with Gasteiger partial charge in [-0.15, -0.1) is 0 Å². The Kier molecular flexibility index (Phi) is 6.62. The summed E-state index contributed by atoms with van der Waals surface area (Å²) in [6.45, 7) is 0.309. The van der Waals surface area contributed by atoms with Crippen molar-refractivity contribution < 1.29 is 33.8 Å². The van der Waals surface area contributed by atoms with E-state index in [0.717, 1.165) is 24.0 Å². The Balaban J connectivity index is 1.55. The standard InChI is InChI=1S/C28H30N2O7/c1-36-23-13-16-11-12-29(25(31)19-9-5-6-10-20(19)28(34)35)22(21(16)14-24(23)37-2)15-30-26(32)17-7-3-4-8-18(17)27(30)33/h3-4,7-8,13-14,19-20,22H,5-6,9-12,15H2,1-2H3,(H,34,35)/t19-,20+,22+/m0/s1. The predicted octanol–water partition coefficient (Wildman–Crippen LogP) is 3.32. The second-order valence-electron chi connectivity index (χ2n) is 9.81. The van der Waals surface area contributed by atoms with E-state index in [9.17, 15) is 24.3 Å². The molecule has 194 valence electrons. The van der Waals surface area contributed by atoms with Gasteiger partial charge in [-0.05, 0) is 54.7 Å². The average Bonchev–Trinajstić information content (AvgIpc) is 3.16. The largest absolute Gasteiger partial charge is 0.493 e. The SMILES string of the molecule is COc1cc2c(cc1OC)[C@@H](CN1C(=O)c3ccccc3C1=O)N(C(=O)[C@H]1CCCC[C@H]1C(=O)O)CC2. The minimum atomic E-state index is -0.959. The number of hydrogen-bond acceptors (Lipinski definition) is 6. The minimum Gasteiger partial charge on any atom is -0.493 e. The molecule has 0 bridgehead atoms. The number of imide groups is 1. The van der Waals surface area contributed by atoms with Gasteiger partial charge >= 0.3 is 5.97 Å². The van der Waals surface area contributed by atoms with Crippen molar-refractivity contribution in [3.8, 4) is 11.5 Å². The molecule has 0 unspecified atom stereocenters. The van der Waals surface area contributed by atoms with Crippen molar-refractivity contribution in [2.24, 2.45) is 11.8 Å². The molecule has 5 rings (SSSR count). The van der Waals surface area contributed by atoms with Crippen LogP contribution in [0.4, 0.5) is 0 Å². The fourth-order valence-corrected chi connectivity index (χ4v) is 6.00. The van der Waals surface area contributed by atoms with Gasteiger partial charge in [-0.2, -0.15) is 0 Å². The van der Waals surface area contributed by atoms with Gasteiger partial charge in [0.25, 0.3) is 11.8 Å². The summed E-state index contributed by atoms with van der Waals surface area (Å²) in [7, 11) is 3.07. The number of aliphatic carboxylic acids is 1. The molecule has 2 aromatic carbocycles. The summed E-state index contributed by atoms with van der Waals surface area (Å²) in [5.41, 5.74) is 2.37. The first-order valence-electron chi connectivity index (χ1n) is 12.6. The molecule has 9 heteroatoms. The highest BCUT2D eigenvalue weighted by molar-refractivity contribution is 6.21. The molecule has 1 N–H and O–H groups in total. The average molecular weight is 507 g/mol. The van der Waals surface area contributed by atoms with Gasteiger partial charge in [0.2, 0.25) is 5.91 Å². The van der Waals surface area contributed by atoms with Gasteiger partial charge in [0.15, 0.2) is 11.5 Å². The second kappa shape index (κ2) is 9.88. The van der Waals surface area contributed by atoms with Crippen molar-refractivity contribution in [3.63, 3.8) is 0 Å². The normalized spacial score (nSPS) is 22.9. The Morgan fingerprint density at radius 3 is 2.14 bits per heavy atom. The summed E-state index contributed by atoms with van der Waals surface area (Å²) in [4.78, 5) is 55.2. The molecule has 2 aliphatic heterocycles. The number of hydrogen-bond donors (Lipinski definition) is 1. The lowest BCUT2D eigenvalue weighted by Gasteiger charge is -2.42. The zero-order valence-corrected chi connectivity index (χ0v) is 20.9. The molecular weight excluding hydrogens is 476 g/mol. The summed E-state index contributed by atoms with van der Waals surface area (Å²) < 4.78 is 11.0. The number of carbonyl (C=O) groups is 4. The molecule has 9 nitrogen and oxygen atoms in total. The number of carboxylic acids is 1. The van der Waals surface area contributed by atoms with Gasteiger partial charge in [-0.25, -0.2) is 0 Å². The smallest absolute Gasteiger partial charge is 0.307 e. The number of carbonyl (C=O) groups excluding carboxylic acids is 3. The van der Waals surface area contributed by atoms with Crippen molar-refractivity contribution in [3.05, 3.63) is 58.7 Å². The number of rotatable bonds is 6. The monoisotopic (exact) mass is 506 g/mol. The Labute approximate surface area is 214 Å². The van der Waals surface area contributed by atoms with Crippen molar-refractivity contribution in [2.45, 2.75) is 38.1 Å². The number of amides is 3. The summed E-state index contributed by atoms with van der Waals surface area (Å²) >= 11 is 0. The predicted molar refractivity (Wildman–Crippen MR) is 133 cm³/mol. The highest BCUT2D eigenvalue weighted by atomic mass is 16.5. The highest BCUT2D eigenvalue weighted by Gasteiger charge is 2.44. The van der Waals surface area contributed by atoms with E-state index in [2.05, 4.69) is 0 Å². The lowest BCUT2D eigenvalue weighted by Crippen LogP contribution is -2.50. The number of fused-ring (bicyclic) bond motifs is 2. The molecule has 37 heavy (non-hydrogen) atoms. The van der Waals surface area contributed by atoms with Gasteiger partial charge in [0.05, 0.1) is 49.8 Å². The van der Waals surface area contributed by atoms with Crippen LogP contribution in [0.5, 0.6) is 11.5 Å². The van der Waals surface area contributed by atoms with Gasteiger partial charge in [0.1, 0.15) is 0 Å². The maximum absolute atomic E-state index is 13.9. The Morgan fingerprint density at radius 2 is 1.54 bits per heavy atom. The fourth-order valence-electron chi connectivity index (χ4n) is 6.00. The zero-order chi connectivity index (χ0) is 26.3. The van der Waals surface area contributed by atoms with Crippen LogP contribution in [-0.4, -0.2) is 65.9 Å². The van der Waals surface area contributed by atoms with Gasteiger partial charge in [-0.1, -0.05) is 25.0 Å². The third-order valence-corrected chi connectivity index (χ3v) is 7.92. The molecule has 0 aromatic heterocycles. The van der Waals surface area contributed by atoms with Crippen LogP contribution in [0.2, 0.25) is 0 Å². The molecule has 1 fully saturated rings. The molecule has 3 aliphatic rings. The van der Waals surface area contributed by atoms with Crippen LogP contribution in [0.1, 0.15) is 63.6 Å². The van der Waals surface area contributed by atoms with Crippen LogP contribution in [0.3, 0.4) is 0 Å². The lowest BCUT2D eigenvalue weighted by molar-refractivity contribution is -0.153. The van der Waals surface area contributed by atoms with Crippen LogP contribution in [0.25, 0.3) is 0 Å². The molecule has 2 heterocycles. The van der Waals surface area contributed by atoms with Crippen LogP contribution in [0.15, 0.2) is 36.4 Å². The van der Waals surface area contributed by atoms with E-state index in [-0.39, 0.29) is 12.5 Å². The Morgan fingerprint density at radius 1 is 0.946 bits per heavy atom. The van der Waals surface area contributed by atoms with E-state index in [1.54, 1.807) is 42.3 Å². The number of benzene rings is 2. The van der Waals surface area contributed by atoms with Gasteiger partial charge in [0, 0.05) is 6.54 Å². The molecule has 0 radical (unpaired) electrons. The topological polar surface area (TPSA) is 113 Å². The fraction of sp³-hybridized carbons (Fsp3) is 0.429. The van der Waals surface area contributed by atoms with Crippen LogP contribution >= 0.6 is 0 Å². The Hall–Kier alpha value is -3.88.